The summed E-state index contributed by atoms with van der Waals surface area (Å²) in [5, 5.41) is 9.08. The number of rotatable bonds is 7. The number of nitrogens with one attached hydrogen (secondary N) is 1. The van der Waals surface area contributed by atoms with Crippen LogP contribution in [0.15, 0.2) is 18.2 Å². The highest BCUT2D eigenvalue weighted by atomic mass is 35.5. The van der Waals surface area contributed by atoms with Crippen molar-refractivity contribution in [2.45, 2.75) is 65.8 Å². The first-order valence-electron chi connectivity index (χ1n) is 11.1. The monoisotopic (exact) mass is 440 g/mol. The summed E-state index contributed by atoms with van der Waals surface area (Å²) in [5.41, 5.74) is 6.24. The second-order valence-electron chi connectivity index (χ2n) is 8.01. The van der Waals surface area contributed by atoms with Gasteiger partial charge in [0.25, 0.3) is 0 Å². The van der Waals surface area contributed by atoms with E-state index < -0.39 is 0 Å². The summed E-state index contributed by atoms with van der Waals surface area (Å²) in [6.07, 6.45) is 5.19. The SMILES string of the molecule is CCOC(=O)c1ccc(-c2c(C)nn3c(NC(CC)CC)c4c(nc23)CCC4)c(Cl)c1. The molecule has 0 fully saturated rings. The maximum absolute atomic E-state index is 12.1. The summed E-state index contributed by atoms with van der Waals surface area (Å²) in [4.78, 5) is 17.1. The lowest BCUT2D eigenvalue weighted by Crippen LogP contribution is -2.21. The Morgan fingerprint density at radius 2 is 2.03 bits per heavy atom. The molecule has 0 spiro atoms. The highest BCUT2D eigenvalue weighted by molar-refractivity contribution is 6.34. The highest BCUT2D eigenvalue weighted by Crippen LogP contribution is 2.37. The Bertz CT molecular complexity index is 1130. The second kappa shape index (κ2) is 8.87. The molecule has 3 aromatic rings. The Balaban J connectivity index is 1.87. The maximum atomic E-state index is 12.1. The smallest absolute Gasteiger partial charge is 0.338 e. The summed E-state index contributed by atoms with van der Waals surface area (Å²) >= 11 is 6.64. The van der Waals surface area contributed by atoms with Gasteiger partial charge in [-0.3, -0.25) is 0 Å². The van der Waals surface area contributed by atoms with Gasteiger partial charge in [-0.25, -0.2) is 9.78 Å². The summed E-state index contributed by atoms with van der Waals surface area (Å²) in [6.45, 7) is 8.49. The van der Waals surface area contributed by atoms with Crippen LogP contribution in [0.2, 0.25) is 5.02 Å². The normalized spacial score (nSPS) is 13.1. The van der Waals surface area contributed by atoms with Crippen LogP contribution in [0.5, 0.6) is 0 Å². The van der Waals surface area contributed by atoms with E-state index in [1.807, 2.05) is 17.5 Å². The molecule has 1 aliphatic rings. The Labute approximate surface area is 188 Å². The predicted molar refractivity (Wildman–Crippen MR) is 124 cm³/mol. The minimum atomic E-state index is -0.375. The number of hydrogen-bond acceptors (Lipinski definition) is 5. The van der Waals surface area contributed by atoms with E-state index in [1.54, 1.807) is 19.1 Å². The average Bonchev–Trinajstić information content (AvgIpc) is 3.35. The number of esters is 1. The van der Waals surface area contributed by atoms with Crippen molar-refractivity contribution < 1.29 is 9.53 Å². The van der Waals surface area contributed by atoms with Gasteiger partial charge in [-0.2, -0.15) is 9.61 Å². The lowest BCUT2D eigenvalue weighted by Gasteiger charge is -2.19. The molecule has 0 saturated carbocycles. The van der Waals surface area contributed by atoms with Crippen molar-refractivity contribution >= 4 is 29.0 Å². The van der Waals surface area contributed by atoms with Crippen molar-refractivity contribution in [1.82, 2.24) is 14.6 Å². The first-order chi connectivity index (χ1) is 15.0. The molecule has 6 nitrogen and oxygen atoms in total. The van der Waals surface area contributed by atoms with Crippen LogP contribution in [0.25, 0.3) is 16.8 Å². The van der Waals surface area contributed by atoms with Gasteiger partial charge in [-0.1, -0.05) is 31.5 Å². The van der Waals surface area contributed by atoms with Crippen molar-refractivity contribution in [3.05, 3.63) is 45.7 Å². The van der Waals surface area contributed by atoms with Gasteiger partial charge in [0.15, 0.2) is 5.65 Å². The first-order valence-corrected chi connectivity index (χ1v) is 11.5. The fourth-order valence-corrected chi connectivity index (χ4v) is 4.62. The van der Waals surface area contributed by atoms with Crippen molar-refractivity contribution in [2.24, 2.45) is 0 Å². The van der Waals surface area contributed by atoms with Crippen molar-refractivity contribution in [1.29, 1.82) is 0 Å². The fourth-order valence-electron chi connectivity index (χ4n) is 4.35. The number of ether oxygens (including phenoxy) is 1. The van der Waals surface area contributed by atoms with Crippen molar-refractivity contribution in [3.63, 3.8) is 0 Å². The molecule has 0 atom stereocenters. The Kier molecular flexibility index (Phi) is 6.19. The summed E-state index contributed by atoms with van der Waals surface area (Å²) in [7, 11) is 0. The third-order valence-corrected chi connectivity index (χ3v) is 6.35. The summed E-state index contributed by atoms with van der Waals surface area (Å²) < 4.78 is 7.04. The molecule has 1 N–H and O–H groups in total. The van der Waals surface area contributed by atoms with E-state index in [-0.39, 0.29) is 5.97 Å². The van der Waals surface area contributed by atoms with Crippen LogP contribution in [0.3, 0.4) is 0 Å². The lowest BCUT2D eigenvalue weighted by molar-refractivity contribution is 0.0526. The molecule has 0 unspecified atom stereocenters. The quantitative estimate of drug-likeness (QED) is 0.482. The minimum Gasteiger partial charge on any atom is -0.462 e. The van der Waals surface area contributed by atoms with Crippen molar-refractivity contribution in [3.8, 4) is 11.1 Å². The van der Waals surface area contributed by atoms with E-state index in [4.69, 9.17) is 26.4 Å². The van der Waals surface area contributed by atoms with E-state index in [2.05, 4.69) is 19.2 Å². The van der Waals surface area contributed by atoms with E-state index in [1.165, 1.54) is 5.56 Å². The molecule has 0 aliphatic heterocycles. The van der Waals surface area contributed by atoms with E-state index in [0.717, 1.165) is 66.1 Å². The fraction of sp³-hybridized carbons (Fsp3) is 0.458. The summed E-state index contributed by atoms with van der Waals surface area (Å²) in [6, 6.07) is 5.66. The lowest BCUT2D eigenvalue weighted by atomic mass is 10.0. The molecule has 31 heavy (non-hydrogen) atoms. The van der Waals surface area contributed by atoms with Crippen LogP contribution >= 0.6 is 11.6 Å². The molecule has 0 radical (unpaired) electrons. The van der Waals surface area contributed by atoms with E-state index in [9.17, 15) is 4.79 Å². The standard InChI is InChI=1S/C24H29ClN4O2/c1-5-16(6-2)26-22-18-9-8-10-20(18)27-23-21(14(4)28-29(22)23)17-12-11-15(13-19(17)25)24(30)31-7-3/h11-13,16,26H,5-10H2,1-4H3. The Morgan fingerprint density at radius 3 is 2.71 bits per heavy atom. The number of nitrogens with zero attached hydrogens (tertiary/aromatic N) is 3. The number of hydrogen-bond donors (Lipinski definition) is 1. The Morgan fingerprint density at radius 1 is 1.26 bits per heavy atom. The van der Waals surface area contributed by atoms with Crippen molar-refractivity contribution in [2.75, 3.05) is 11.9 Å². The first kappa shape index (κ1) is 21.6. The number of carbonyl (C=O) groups excluding carboxylic acids is 1. The van der Waals surface area contributed by atoms with Crippen LogP contribution in [-0.4, -0.2) is 33.2 Å². The zero-order valence-electron chi connectivity index (χ0n) is 18.6. The van der Waals surface area contributed by atoms with E-state index in [0.29, 0.717) is 23.2 Å². The van der Waals surface area contributed by atoms with Crippen LogP contribution in [0.1, 0.15) is 67.3 Å². The third-order valence-electron chi connectivity index (χ3n) is 6.04. The van der Waals surface area contributed by atoms with Crippen LogP contribution < -0.4 is 5.32 Å². The molecule has 0 bridgehead atoms. The predicted octanol–water partition coefficient (Wildman–Crippen LogP) is 5.62. The van der Waals surface area contributed by atoms with Gasteiger partial charge < -0.3 is 10.1 Å². The highest BCUT2D eigenvalue weighted by Gasteiger charge is 2.26. The molecule has 7 heteroatoms. The van der Waals surface area contributed by atoms with E-state index >= 15 is 0 Å². The van der Waals surface area contributed by atoms with Gasteiger partial charge in [0.1, 0.15) is 5.82 Å². The number of halogens is 1. The topological polar surface area (TPSA) is 68.5 Å². The molecule has 4 rings (SSSR count). The Hall–Kier alpha value is -2.60. The molecule has 2 aromatic heterocycles. The van der Waals surface area contributed by atoms with Gasteiger partial charge in [0, 0.05) is 27.9 Å². The molecular weight excluding hydrogens is 412 g/mol. The number of aromatic nitrogens is 3. The van der Waals surface area contributed by atoms with Gasteiger partial charge >= 0.3 is 5.97 Å². The molecule has 1 aliphatic carbocycles. The van der Waals surface area contributed by atoms with Gasteiger partial charge in [0.05, 0.1) is 23.4 Å². The third kappa shape index (κ3) is 3.89. The van der Waals surface area contributed by atoms with Gasteiger partial charge in [-0.15, -0.1) is 0 Å². The zero-order valence-corrected chi connectivity index (χ0v) is 19.3. The van der Waals surface area contributed by atoms with Crippen LogP contribution in [0.4, 0.5) is 5.82 Å². The minimum absolute atomic E-state index is 0.326. The largest absolute Gasteiger partial charge is 0.462 e. The number of anilines is 1. The molecular formula is C24H29ClN4O2. The number of carbonyl (C=O) groups is 1. The zero-order chi connectivity index (χ0) is 22.1. The maximum Gasteiger partial charge on any atom is 0.338 e. The number of aryl methyl sites for hydroxylation is 2. The summed E-state index contributed by atoms with van der Waals surface area (Å²) in [5.74, 6) is 0.681. The van der Waals surface area contributed by atoms with Gasteiger partial charge in [-0.05, 0) is 58.1 Å². The molecule has 0 saturated heterocycles. The molecule has 0 amide bonds. The molecule has 1 aromatic carbocycles. The van der Waals surface area contributed by atoms with Crippen LogP contribution in [-0.2, 0) is 17.6 Å². The van der Waals surface area contributed by atoms with Crippen LogP contribution in [0, 0.1) is 6.92 Å². The average molecular weight is 441 g/mol. The van der Waals surface area contributed by atoms with Gasteiger partial charge in [0.2, 0.25) is 0 Å². The second-order valence-corrected chi connectivity index (χ2v) is 8.42. The molecule has 164 valence electrons. The number of fused-ring (bicyclic) bond motifs is 2. The number of benzene rings is 1. The molecule has 2 heterocycles.